The second kappa shape index (κ2) is 5.64. The highest BCUT2D eigenvalue weighted by Gasteiger charge is 1.99. The summed E-state index contributed by atoms with van der Waals surface area (Å²) in [6.07, 6.45) is 5.09. The summed E-state index contributed by atoms with van der Waals surface area (Å²) >= 11 is 0. The molecule has 0 amide bonds. The largest absolute Gasteiger partial charge is 0.316 e. The summed E-state index contributed by atoms with van der Waals surface area (Å²) in [6.45, 7) is 3.88. The molecule has 1 N–H and O–H groups in total. The predicted octanol–water partition coefficient (Wildman–Crippen LogP) is 2.21. The maximum atomic E-state index is 4.35. The maximum Gasteiger partial charge on any atom is 0.0659 e. The minimum atomic E-state index is 0.841. The van der Waals surface area contributed by atoms with E-state index in [0.717, 1.165) is 19.5 Å². The van der Waals surface area contributed by atoms with E-state index in [4.69, 9.17) is 0 Å². The number of hydrogen-bond donors (Lipinski definition) is 1. The molecule has 90 valence electrons. The first-order valence-electron chi connectivity index (χ1n) is 6.05. The molecule has 0 bridgehead atoms. The van der Waals surface area contributed by atoms with Gasteiger partial charge in [0.25, 0.3) is 0 Å². The van der Waals surface area contributed by atoms with Gasteiger partial charge in [-0.25, -0.2) is 0 Å². The lowest BCUT2D eigenvalue weighted by atomic mass is 10.1. The molecule has 0 atom stereocenters. The number of nitrogens with zero attached hydrogens (tertiary/aromatic N) is 2. The van der Waals surface area contributed by atoms with Crippen molar-refractivity contribution >= 4 is 0 Å². The summed E-state index contributed by atoms with van der Waals surface area (Å²) < 4.78 is 1.98. The van der Waals surface area contributed by atoms with Crippen LogP contribution in [-0.4, -0.2) is 16.8 Å². The van der Waals surface area contributed by atoms with Crippen LogP contribution >= 0.6 is 0 Å². The Bertz CT molecular complexity index is 457. The van der Waals surface area contributed by atoms with Gasteiger partial charge >= 0.3 is 0 Å². The summed E-state index contributed by atoms with van der Waals surface area (Å²) in [6, 6.07) is 8.73. The van der Waals surface area contributed by atoms with Gasteiger partial charge in [-0.15, -0.1) is 0 Å². The van der Waals surface area contributed by atoms with Gasteiger partial charge in [-0.3, -0.25) is 4.68 Å². The fraction of sp³-hybridized carbons (Fsp3) is 0.357. The first-order valence-corrected chi connectivity index (χ1v) is 6.05. The van der Waals surface area contributed by atoms with E-state index in [1.165, 1.54) is 16.7 Å². The lowest BCUT2D eigenvalue weighted by Gasteiger charge is -2.03. The van der Waals surface area contributed by atoms with Gasteiger partial charge in [0.1, 0.15) is 0 Å². The zero-order valence-electron chi connectivity index (χ0n) is 10.5. The van der Waals surface area contributed by atoms with Crippen LogP contribution in [0.15, 0.2) is 36.7 Å². The van der Waals surface area contributed by atoms with E-state index in [9.17, 15) is 0 Å². The first kappa shape index (κ1) is 11.9. The van der Waals surface area contributed by atoms with Crippen molar-refractivity contribution in [1.82, 2.24) is 15.1 Å². The molecule has 1 heterocycles. The summed E-state index contributed by atoms with van der Waals surface area (Å²) in [5, 5.41) is 7.47. The Labute approximate surface area is 102 Å². The van der Waals surface area contributed by atoms with Crippen LogP contribution in [0.25, 0.3) is 0 Å². The Balaban J connectivity index is 2.03. The van der Waals surface area contributed by atoms with E-state index in [1.54, 1.807) is 0 Å². The second-order valence-electron chi connectivity index (χ2n) is 4.25. The van der Waals surface area contributed by atoms with Crippen molar-refractivity contribution in [3.63, 3.8) is 0 Å². The summed E-state index contributed by atoms with van der Waals surface area (Å²) in [7, 11) is 1.95. The quantitative estimate of drug-likeness (QED) is 0.852. The molecule has 0 fully saturated rings. The molecule has 0 unspecified atom stereocenters. The van der Waals surface area contributed by atoms with Crippen LogP contribution < -0.4 is 5.32 Å². The van der Waals surface area contributed by atoms with E-state index >= 15 is 0 Å². The minimum Gasteiger partial charge on any atom is -0.316 e. The van der Waals surface area contributed by atoms with Crippen LogP contribution in [0, 0.1) is 0 Å². The van der Waals surface area contributed by atoms with Gasteiger partial charge in [0, 0.05) is 18.3 Å². The zero-order valence-corrected chi connectivity index (χ0v) is 10.5. The van der Waals surface area contributed by atoms with Gasteiger partial charge in [0.15, 0.2) is 0 Å². The van der Waals surface area contributed by atoms with E-state index < -0.39 is 0 Å². The second-order valence-corrected chi connectivity index (χ2v) is 4.25. The fourth-order valence-electron chi connectivity index (χ4n) is 1.86. The van der Waals surface area contributed by atoms with E-state index in [0.29, 0.717) is 0 Å². The van der Waals surface area contributed by atoms with Gasteiger partial charge in [-0.1, -0.05) is 31.2 Å². The lowest BCUT2D eigenvalue weighted by molar-refractivity contribution is 0.685. The molecular formula is C14H19N3. The number of benzene rings is 1. The molecule has 0 aliphatic heterocycles. The van der Waals surface area contributed by atoms with Crippen molar-refractivity contribution in [2.24, 2.45) is 0 Å². The van der Waals surface area contributed by atoms with Gasteiger partial charge in [0.05, 0.1) is 12.7 Å². The Morgan fingerprint density at radius 1 is 1.12 bits per heavy atom. The molecule has 3 nitrogen and oxygen atoms in total. The number of hydrogen-bond acceptors (Lipinski definition) is 2. The molecule has 0 saturated heterocycles. The number of nitrogens with one attached hydrogen (secondary N) is 1. The van der Waals surface area contributed by atoms with E-state index in [2.05, 4.69) is 47.8 Å². The maximum absolute atomic E-state index is 4.35. The Morgan fingerprint density at radius 2 is 1.82 bits per heavy atom. The van der Waals surface area contributed by atoms with Gasteiger partial charge in [0.2, 0.25) is 0 Å². The first-order chi connectivity index (χ1) is 8.31. The molecule has 17 heavy (non-hydrogen) atoms. The third kappa shape index (κ3) is 3.17. The smallest absolute Gasteiger partial charge is 0.0659 e. The third-order valence-corrected chi connectivity index (χ3v) is 2.84. The van der Waals surface area contributed by atoms with Gasteiger partial charge < -0.3 is 5.32 Å². The van der Waals surface area contributed by atoms with Crippen LogP contribution in [0.2, 0.25) is 0 Å². The van der Waals surface area contributed by atoms with Crippen molar-refractivity contribution in [1.29, 1.82) is 0 Å². The third-order valence-electron chi connectivity index (χ3n) is 2.84. The average molecular weight is 229 g/mol. The van der Waals surface area contributed by atoms with Crippen LogP contribution in [0.4, 0.5) is 0 Å². The predicted molar refractivity (Wildman–Crippen MR) is 69.9 cm³/mol. The molecule has 2 rings (SSSR count). The van der Waals surface area contributed by atoms with Crippen molar-refractivity contribution in [2.75, 3.05) is 7.05 Å². The Hall–Kier alpha value is -1.61. The molecule has 0 spiro atoms. The molecular weight excluding hydrogens is 210 g/mol. The van der Waals surface area contributed by atoms with Gasteiger partial charge in [-0.2, -0.15) is 5.10 Å². The molecule has 0 aliphatic rings. The van der Waals surface area contributed by atoms with Crippen LogP contribution in [-0.2, 0) is 19.5 Å². The minimum absolute atomic E-state index is 0.841. The average Bonchev–Trinajstić information content (AvgIpc) is 2.78. The molecule has 2 aromatic rings. The number of aryl methyl sites for hydroxylation is 1. The van der Waals surface area contributed by atoms with Gasteiger partial charge in [-0.05, 0) is 24.6 Å². The van der Waals surface area contributed by atoms with Crippen molar-refractivity contribution < 1.29 is 0 Å². The van der Waals surface area contributed by atoms with Crippen LogP contribution in [0.3, 0.4) is 0 Å². The van der Waals surface area contributed by atoms with Crippen LogP contribution in [0.1, 0.15) is 23.6 Å². The number of aromatic nitrogens is 2. The Kier molecular flexibility index (Phi) is 3.94. The highest BCUT2D eigenvalue weighted by atomic mass is 15.3. The van der Waals surface area contributed by atoms with Crippen molar-refractivity contribution in [3.05, 3.63) is 53.3 Å². The molecule has 0 saturated carbocycles. The van der Waals surface area contributed by atoms with E-state index in [1.807, 2.05) is 17.9 Å². The van der Waals surface area contributed by atoms with Crippen molar-refractivity contribution in [3.8, 4) is 0 Å². The Morgan fingerprint density at radius 3 is 2.47 bits per heavy atom. The van der Waals surface area contributed by atoms with E-state index in [-0.39, 0.29) is 0 Å². The molecule has 1 aromatic carbocycles. The summed E-state index contributed by atoms with van der Waals surface area (Å²) in [4.78, 5) is 0. The number of rotatable bonds is 5. The highest BCUT2D eigenvalue weighted by Crippen LogP contribution is 2.07. The standard InChI is InChI=1S/C14H19N3/c1-3-12-4-6-13(7-5-12)10-17-11-14(8-15-2)9-16-17/h4-7,9,11,15H,3,8,10H2,1-2H3. The fourth-order valence-corrected chi connectivity index (χ4v) is 1.86. The molecule has 1 aromatic heterocycles. The highest BCUT2D eigenvalue weighted by molar-refractivity contribution is 5.22. The van der Waals surface area contributed by atoms with Crippen molar-refractivity contribution in [2.45, 2.75) is 26.4 Å². The summed E-state index contributed by atoms with van der Waals surface area (Å²) in [5.41, 5.74) is 3.89. The SMILES string of the molecule is CCc1ccc(Cn2cc(CNC)cn2)cc1. The molecule has 3 heteroatoms. The zero-order chi connectivity index (χ0) is 12.1. The summed E-state index contributed by atoms with van der Waals surface area (Å²) in [5.74, 6) is 0. The topological polar surface area (TPSA) is 29.9 Å². The normalized spacial score (nSPS) is 10.7. The molecule has 0 radical (unpaired) electrons. The monoisotopic (exact) mass is 229 g/mol. The lowest BCUT2D eigenvalue weighted by Crippen LogP contribution is -2.04. The molecule has 0 aliphatic carbocycles. The van der Waals surface area contributed by atoms with Crippen LogP contribution in [0.5, 0.6) is 0 Å².